The summed E-state index contributed by atoms with van der Waals surface area (Å²) in [4.78, 5) is 16.9. The van der Waals surface area contributed by atoms with E-state index >= 15 is 0 Å². The number of anilines is 1. The number of carbonyl (C=O) groups excluding carboxylic acids is 1. The van der Waals surface area contributed by atoms with Gasteiger partial charge in [0.05, 0.1) is 23.9 Å². The average molecular weight is 356 g/mol. The van der Waals surface area contributed by atoms with Crippen LogP contribution in [0.25, 0.3) is 10.2 Å². The normalized spacial score (nSPS) is 10.6. The van der Waals surface area contributed by atoms with Crippen molar-refractivity contribution in [3.8, 4) is 11.5 Å². The van der Waals surface area contributed by atoms with Crippen molar-refractivity contribution in [1.82, 2.24) is 4.98 Å². The maximum atomic E-state index is 12.5. The van der Waals surface area contributed by atoms with Gasteiger partial charge in [-0.25, -0.2) is 4.98 Å². The van der Waals surface area contributed by atoms with Crippen LogP contribution in [0.2, 0.25) is 0 Å². The summed E-state index contributed by atoms with van der Waals surface area (Å²) in [6.45, 7) is 2.77. The summed E-state index contributed by atoms with van der Waals surface area (Å²) in [6, 6.07) is 12.8. The second-order valence-electron chi connectivity index (χ2n) is 5.54. The molecule has 1 heterocycles. The van der Waals surface area contributed by atoms with E-state index in [0.717, 1.165) is 28.8 Å². The predicted molar refractivity (Wildman–Crippen MR) is 101 cm³/mol. The first-order valence-electron chi connectivity index (χ1n) is 8.18. The topological polar surface area (TPSA) is 60.5 Å². The van der Waals surface area contributed by atoms with Gasteiger partial charge in [-0.15, -0.1) is 0 Å². The number of thiazole rings is 1. The van der Waals surface area contributed by atoms with Gasteiger partial charge >= 0.3 is 0 Å². The van der Waals surface area contributed by atoms with E-state index in [4.69, 9.17) is 9.47 Å². The zero-order valence-corrected chi connectivity index (χ0v) is 15.1. The van der Waals surface area contributed by atoms with Gasteiger partial charge in [0.2, 0.25) is 0 Å². The van der Waals surface area contributed by atoms with Crippen LogP contribution in [0.15, 0.2) is 42.5 Å². The summed E-state index contributed by atoms with van der Waals surface area (Å²) in [5, 5.41) is 3.41. The number of hydrogen-bond donors (Lipinski definition) is 1. The second kappa shape index (κ2) is 7.98. The maximum absolute atomic E-state index is 12.5. The van der Waals surface area contributed by atoms with Crippen molar-refractivity contribution >= 4 is 32.6 Å². The first-order valence-corrected chi connectivity index (χ1v) is 9.00. The molecule has 0 radical (unpaired) electrons. The highest BCUT2D eigenvalue weighted by Gasteiger charge is 2.11. The molecule has 1 amide bonds. The number of ether oxygens (including phenoxy) is 2. The lowest BCUT2D eigenvalue weighted by Gasteiger charge is -2.07. The first kappa shape index (κ1) is 17.2. The Kier molecular flexibility index (Phi) is 5.50. The van der Waals surface area contributed by atoms with Crippen molar-refractivity contribution in [2.45, 2.75) is 19.8 Å². The highest BCUT2D eigenvalue weighted by Crippen LogP contribution is 2.29. The highest BCUT2D eigenvalue weighted by molar-refractivity contribution is 7.22. The molecule has 0 fully saturated rings. The van der Waals surface area contributed by atoms with Crippen LogP contribution in [-0.2, 0) is 0 Å². The number of benzene rings is 2. The number of unbranched alkanes of at least 4 members (excludes halogenated alkanes) is 1. The largest absolute Gasteiger partial charge is 0.497 e. The molecular weight excluding hydrogens is 336 g/mol. The summed E-state index contributed by atoms with van der Waals surface area (Å²) < 4.78 is 11.8. The quantitative estimate of drug-likeness (QED) is 0.621. The van der Waals surface area contributed by atoms with Crippen molar-refractivity contribution in [2.24, 2.45) is 0 Å². The van der Waals surface area contributed by atoms with Gasteiger partial charge in [-0.2, -0.15) is 0 Å². The first-order chi connectivity index (χ1) is 12.2. The minimum atomic E-state index is -0.202. The van der Waals surface area contributed by atoms with Gasteiger partial charge in [-0.1, -0.05) is 30.7 Å². The third-order valence-electron chi connectivity index (χ3n) is 3.68. The van der Waals surface area contributed by atoms with E-state index in [2.05, 4.69) is 17.2 Å². The minimum absolute atomic E-state index is 0.202. The molecule has 0 atom stereocenters. The Morgan fingerprint density at radius 1 is 1.20 bits per heavy atom. The van der Waals surface area contributed by atoms with Crippen molar-refractivity contribution in [1.29, 1.82) is 0 Å². The zero-order chi connectivity index (χ0) is 17.6. The number of carbonyl (C=O) groups is 1. The molecule has 0 aliphatic rings. The van der Waals surface area contributed by atoms with Gasteiger partial charge in [0.15, 0.2) is 5.13 Å². The molecule has 0 bridgehead atoms. The lowest BCUT2D eigenvalue weighted by molar-refractivity contribution is 0.102. The van der Waals surface area contributed by atoms with Gasteiger partial charge in [-0.3, -0.25) is 10.1 Å². The van der Waals surface area contributed by atoms with Gasteiger partial charge in [0, 0.05) is 5.56 Å². The summed E-state index contributed by atoms with van der Waals surface area (Å²) in [5.74, 6) is 1.27. The van der Waals surface area contributed by atoms with Crippen LogP contribution in [0, 0.1) is 0 Å². The average Bonchev–Trinajstić information content (AvgIpc) is 3.03. The second-order valence-corrected chi connectivity index (χ2v) is 6.57. The molecule has 0 saturated heterocycles. The monoisotopic (exact) mass is 356 g/mol. The summed E-state index contributed by atoms with van der Waals surface area (Å²) in [5.41, 5.74) is 1.38. The molecule has 0 spiro atoms. The molecule has 1 N–H and O–H groups in total. The minimum Gasteiger partial charge on any atom is -0.497 e. The SMILES string of the molecule is CCCCOc1cccc(C(=O)Nc2nc3ccc(OC)cc3s2)c1. The number of fused-ring (bicyclic) bond motifs is 1. The zero-order valence-electron chi connectivity index (χ0n) is 14.2. The number of aromatic nitrogens is 1. The van der Waals surface area contributed by atoms with Crippen molar-refractivity contribution in [3.05, 3.63) is 48.0 Å². The third-order valence-corrected chi connectivity index (χ3v) is 4.61. The third kappa shape index (κ3) is 4.28. The number of methoxy groups -OCH3 is 1. The number of nitrogens with zero attached hydrogens (tertiary/aromatic N) is 1. The smallest absolute Gasteiger partial charge is 0.257 e. The van der Waals surface area contributed by atoms with Crippen LogP contribution >= 0.6 is 11.3 Å². The maximum Gasteiger partial charge on any atom is 0.257 e. The van der Waals surface area contributed by atoms with Crippen LogP contribution < -0.4 is 14.8 Å². The summed E-state index contributed by atoms with van der Waals surface area (Å²) in [6.07, 6.45) is 2.06. The Labute approximate surface area is 150 Å². The highest BCUT2D eigenvalue weighted by atomic mass is 32.1. The molecule has 0 saturated carbocycles. The Hall–Kier alpha value is -2.60. The van der Waals surface area contributed by atoms with E-state index < -0.39 is 0 Å². The van der Waals surface area contributed by atoms with Crippen molar-refractivity contribution < 1.29 is 14.3 Å². The summed E-state index contributed by atoms with van der Waals surface area (Å²) >= 11 is 1.42. The van der Waals surface area contributed by atoms with Gasteiger partial charge in [0.1, 0.15) is 11.5 Å². The summed E-state index contributed by atoms with van der Waals surface area (Å²) in [7, 11) is 1.63. The molecule has 3 rings (SSSR count). The van der Waals surface area contributed by atoms with Crippen LogP contribution in [0.4, 0.5) is 5.13 Å². The molecule has 6 heteroatoms. The molecule has 25 heavy (non-hydrogen) atoms. The molecule has 1 aromatic heterocycles. The van der Waals surface area contributed by atoms with Gasteiger partial charge in [-0.05, 0) is 42.8 Å². The van der Waals surface area contributed by atoms with E-state index in [1.807, 2.05) is 30.3 Å². The molecule has 130 valence electrons. The van der Waals surface area contributed by atoms with Crippen LogP contribution in [0.5, 0.6) is 11.5 Å². The van der Waals surface area contributed by atoms with Gasteiger partial charge < -0.3 is 9.47 Å². The standard InChI is InChI=1S/C19H20N2O3S/c1-3-4-10-24-15-7-5-6-13(11-15)18(22)21-19-20-16-9-8-14(23-2)12-17(16)25-19/h5-9,11-12H,3-4,10H2,1-2H3,(H,20,21,22). The molecular formula is C19H20N2O3S. The lowest BCUT2D eigenvalue weighted by atomic mass is 10.2. The van der Waals surface area contributed by atoms with Crippen LogP contribution in [0.1, 0.15) is 30.1 Å². The fourth-order valence-electron chi connectivity index (χ4n) is 2.32. The lowest BCUT2D eigenvalue weighted by Crippen LogP contribution is -2.11. The molecule has 3 aromatic rings. The van der Waals surface area contributed by atoms with E-state index in [9.17, 15) is 4.79 Å². The number of hydrogen-bond acceptors (Lipinski definition) is 5. The Balaban J connectivity index is 1.72. The van der Waals surface area contributed by atoms with Crippen LogP contribution in [0.3, 0.4) is 0 Å². The molecule has 0 unspecified atom stereocenters. The molecule has 5 nitrogen and oxygen atoms in total. The molecule has 2 aromatic carbocycles. The molecule has 0 aliphatic carbocycles. The number of rotatable bonds is 7. The van der Waals surface area contributed by atoms with E-state index in [-0.39, 0.29) is 5.91 Å². The Morgan fingerprint density at radius 3 is 2.88 bits per heavy atom. The van der Waals surface area contributed by atoms with Gasteiger partial charge in [0.25, 0.3) is 5.91 Å². The predicted octanol–water partition coefficient (Wildman–Crippen LogP) is 4.74. The van der Waals surface area contributed by atoms with Crippen molar-refractivity contribution in [3.63, 3.8) is 0 Å². The number of nitrogens with one attached hydrogen (secondary N) is 1. The Morgan fingerprint density at radius 2 is 2.08 bits per heavy atom. The van der Waals surface area contributed by atoms with E-state index in [1.165, 1.54) is 11.3 Å². The van der Waals surface area contributed by atoms with Crippen LogP contribution in [-0.4, -0.2) is 24.6 Å². The molecule has 0 aliphatic heterocycles. The Bertz CT molecular complexity index is 876. The van der Waals surface area contributed by atoms with E-state index in [1.54, 1.807) is 19.2 Å². The fraction of sp³-hybridized carbons (Fsp3) is 0.263. The van der Waals surface area contributed by atoms with Crippen molar-refractivity contribution in [2.75, 3.05) is 19.0 Å². The van der Waals surface area contributed by atoms with E-state index in [0.29, 0.717) is 23.1 Å². The fourth-order valence-corrected chi connectivity index (χ4v) is 3.21. The number of amides is 1.